The molecule has 24 heavy (non-hydrogen) atoms. The molecule has 6 heteroatoms. The Kier molecular flexibility index (Phi) is 4.57. The van der Waals surface area contributed by atoms with Crippen molar-refractivity contribution < 1.29 is 18.0 Å². The molecule has 2 aromatic carbocycles. The first-order chi connectivity index (χ1) is 11.4. The van der Waals surface area contributed by atoms with Gasteiger partial charge in [0.25, 0.3) is 5.91 Å². The van der Waals surface area contributed by atoms with Gasteiger partial charge in [-0.2, -0.15) is 13.2 Å². The van der Waals surface area contributed by atoms with Crippen molar-refractivity contribution in [3.8, 4) is 11.1 Å². The smallest absolute Gasteiger partial charge is 0.352 e. The SMILES string of the molecule is O=C(NCC1CNC1)c1ccccc1-c1ccc(C(F)(F)F)cc1. The quantitative estimate of drug-likeness (QED) is 0.901. The first kappa shape index (κ1) is 16.5. The number of halogens is 3. The Hall–Kier alpha value is -2.34. The van der Waals surface area contributed by atoms with E-state index in [9.17, 15) is 18.0 Å². The summed E-state index contributed by atoms with van der Waals surface area (Å²) < 4.78 is 38.0. The van der Waals surface area contributed by atoms with Crippen LogP contribution in [0.25, 0.3) is 11.1 Å². The first-order valence-electron chi connectivity index (χ1n) is 7.71. The lowest BCUT2D eigenvalue weighted by Crippen LogP contribution is -2.48. The molecule has 1 aliphatic rings. The summed E-state index contributed by atoms with van der Waals surface area (Å²) in [5.74, 6) is 0.226. The lowest BCUT2D eigenvalue weighted by Gasteiger charge is -2.27. The number of alkyl halides is 3. The summed E-state index contributed by atoms with van der Waals surface area (Å²) in [6.07, 6.45) is -4.37. The predicted molar refractivity (Wildman–Crippen MR) is 85.6 cm³/mol. The largest absolute Gasteiger partial charge is 0.416 e. The average Bonchev–Trinajstić information content (AvgIpc) is 2.52. The molecule has 126 valence electrons. The second-order valence-corrected chi connectivity index (χ2v) is 5.85. The second-order valence-electron chi connectivity index (χ2n) is 5.85. The van der Waals surface area contributed by atoms with E-state index in [0.717, 1.165) is 25.2 Å². The molecule has 1 aliphatic heterocycles. The number of benzene rings is 2. The number of hydrogen-bond donors (Lipinski definition) is 2. The molecule has 0 radical (unpaired) electrons. The summed E-state index contributed by atoms with van der Waals surface area (Å²) in [7, 11) is 0. The van der Waals surface area contributed by atoms with Gasteiger partial charge in [0, 0.05) is 31.1 Å². The molecule has 2 aromatic rings. The zero-order valence-corrected chi connectivity index (χ0v) is 12.9. The summed E-state index contributed by atoms with van der Waals surface area (Å²) in [6, 6.07) is 11.8. The number of carbonyl (C=O) groups excluding carboxylic acids is 1. The van der Waals surface area contributed by atoms with Crippen molar-refractivity contribution in [3.63, 3.8) is 0 Å². The summed E-state index contributed by atoms with van der Waals surface area (Å²) in [6.45, 7) is 2.37. The molecular weight excluding hydrogens is 317 g/mol. The van der Waals surface area contributed by atoms with Gasteiger partial charge in [-0.1, -0.05) is 30.3 Å². The lowest BCUT2D eigenvalue weighted by atomic mass is 9.97. The summed E-state index contributed by atoms with van der Waals surface area (Å²) in [4.78, 5) is 12.4. The van der Waals surface area contributed by atoms with Crippen molar-refractivity contribution in [2.45, 2.75) is 6.18 Å². The predicted octanol–water partition coefficient (Wildman–Crippen LogP) is 3.32. The Bertz CT molecular complexity index is 722. The van der Waals surface area contributed by atoms with E-state index in [0.29, 0.717) is 29.2 Å². The van der Waals surface area contributed by atoms with Crippen LogP contribution in [0.5, 0.6) is 0 Å². The highest BCUT2D eigenvalue weighted by molar-refractivity contribution is 6.00. The Labute approximate surface area is 137 Å². The van der Waals surface area contributed by atoms with Gasteiger partial charge in [0.05, 0.1) is 5.56 Å². The molecule has 1 saturated heterocycles. The zero-order valence-electron chi connectivity index (χ0n) is 12.9. The van der Waals surface area contributed by atoms with Crippen LogP contribution >= 0.6 is 0 Å². The molecule has 0 spiro atoms. The Balaban J connectivity index is 1.81. The highest BCUT2D eigenvalue weighted by Gasteiger charge is 2.30. The summed E-state index contributed by atoms with van der Waals surface area (Å²) in [5.41, 5.74) is 0.963. The molecule has 0 atom stereocenters. The average molecular weight is 334 g/mol. The van der Waals surface area contributed by atoms with Crippen molar-refractivity contribution in [3.05, 3.63) is 59.7 Å². The van der Waals surface area contributed by atoms with E-state index in [1.54, 1.807) is 24.3 Å². The molecular formula is C18H17F3N2O. The van der Waals surface area contributed by atoms with Crippen LogP contribution < -0.4 is 10.6 Å². The van der Waals surface area contributed by atoms with Crippen molar-refractivity contribution in [2.24, 2.45) is 5.92 Å². The van der Waals surface area contributed by atoms with E-state index in [-0.39, 0.29) is 5.91 Å². The van der Waals surface area contributed by atoms with Crippen molar-refractivity contribution in [1.82, 2.24) is 10.6 Å². The number of hydrogen-bond acceptors (Lipinski definition) is 2. The van der Waals surface area contributed by atoms with Crippen LogP contribution in [-0.2, 0) is 6.18 Å². The van der Waals surface area contributed by atoms with E-state index in [4.69, 9.17) is 0 Å². The molecule has 0 aromatic heterocycles. The van der Waals surface area contributed by atoms with Crippen LogP contribution in [0.4, 0.5) is 13.2 Å². The molecule has 0 bridgehead atoms. The Morgan fingerprint density at radius 2 is 1.75 bits per heavy atom. The molecule has 0 aliphatic carbocycles. The van der Waals surface area contributed by atoms with Gasteiger partial charge < -0.3 is 10.6 Å². The normalized spacial score (nSPS) is 15.0. The standard InChI is InChI=1S/C18H17F3N2O/c19-18(20,21)14-7-5-13(6-8-14)15-3-1-2-4-16(15)17(24)23-11-12-9-22-10-12/h1-8,12,22H,9-11H2,(H,23,24). The third-order valence-corrected chi connectivity index (χ3v) is 4.11. The van der Waals surface area contributed by atoms with E-state index in [2.05, 4.69) is 10.6 Å². The molecule has 1 fully saturated rings. The first-order valence-corrected chi connectivity index (χ1v) is 7.71. The minimum absolute atomic E-state index is 0.211. The Morgan fingerprint density at radius 3 is 2.33 bits per heavy atom. The second kappa shape index (κ2) is 6.65. The maximum absolute atomic E-state index is 12.7. The van der Waals surface area contributed by atoms with Crippen LogP contribution in [0, 0.1) is 5.92 Å². The van der Waals surface area contributed by atoms with Crippen LogP contribution in [0.15, 0.2) is 48.5 Å². The lowest BCUT2D eigenvalue weighted by molar-refractivity contribution is -0.137. The highest BCUT2D eigenvalue weighted by atomic mass is 19.4. The molecule has 0 saturated carbocycles. The van der Waals surface area contributed by atoms with Gasteiger partial charge in [-0.05, 0) is 29.3 Å². The van der Waals surface area contributed by atoms with Crippen LogP contribution in [0.2, 0.25) is 0 Å². The minimum atomic E-state index is -4.37. The van der Waals surface area contributed by atoms with Crippen LogP contribution in [0.1, 0.15) is 15.9 Å². The fourth-order valence-electron chi connectivity index (χ4n) is 2.60. The van der Waals surface area contributed by atoms with Crippen molar-refractivity contribution in [1.29, 1.82) is 0 Å². The van der Waals surface area contributed by atoms with E-state index >= 15 is 0 Å². The fourth-order valence-corrected chi connectivity index (χ4v) is 2.60. The van der Waals surface area contributed by atoms with Crippen LogP contribution in [-0.4, -0.2) is 25.5 Å². The van der Waals surface area contributed by atoms with E-state index in [1.807, 2.05) is 0 Å². The van der Waals surface area contributed by atoms with Gasteiger partial charge in [0.1, 0.15) is 0 Å². The molecule has 0 unspecified atom stereocenters. The third kappa shape index (κ3) is 3.59. The molecule has 1 heterocycles. The van der Waals surface area contributed by atoms with Crippen molar-refractivity contribution in [2.75, 3.05) is 19.6 Å². The molecule has 2 N–H and O–H groups in total. The topological polar surface area (TPSA) is 41.1 Å². The number of nitrogens with one attached hydrogen (secondary N) is 2. The monoisotopic (exact) mass is 334 g/mol. The molecule has 1 amide bonds. The van der Waals surface area contributed by atoms with Gasteiger partial charge in [0.2, 0.25) is 0 Å². The van der Waals surface area contributed by atoms with Gasteiger partial charge in [0.15, 0.2) is 0 Å². The summed E-state index contributed by atoms with van der Waals surface area (Å²) >= 11 is 0. The minimum Gasteiger partial charge on any atom is -0.352 e. The van der Waals surface area contributed by atoms with Gasteiger partial charge in [-0.3, -0.25) is 4.79 Å². The summed E-state index contributed by atoms with van der Waals surface area (Å²) in [5, 5.41) is 6.02. The van der Waals surface area contributed by atoms with Gasteiger partial charge in [-0.25, -0.2) is 0 Å². The fraction of sp³-hybridized carbons (Fsp3) is 0.278. The third-order valence-electron chi connectivity index (χ3n) is 4.11. The molecule has 3 nitrogen and oxygen atoms in total. The Morgan fingerprint density at radius 1 is 1.08 bits per heavy atom. The van der Waals surface area contributed by atoms with Crippen molar-refractivity contribution >= 4 is 5.91 Å². The maximum atomic E-state index is 12.7. The van der Waals surface area contributed by atoms with Crippen LogP contribution in [0.3, 0.4) is 0 Å². The highest BCUT2D eigenvalue weighted by Crippen LogP contribution is 2.31. The number of amides is 1. The zero-order chi connectivity index (χ0) is 17.2. The molecule has 3 rings (SSSR count). The number of carbonyl (C=O) groups is 1. The maximum Gasteiger partial charge on any atom is 0.416 e. The van der Waals surface area contributed by atoms with Gasteiger partial charge >= 0.3 is 6.18 Å². The van der Waals surface area contributed by atoms with Gasteiger partial charge in [-0.15, -0.1) is 0 Å². The number of rotatable bonds is 4. The van der Waals surface area contributed by atoms with E-state index in [1.165, 1.54) is 12.1 Å². The van der Waals surface area contributed by atoms with E-state index < -0.39 is 11.7 Å².